The molecule has 1 aromatic carbocycles. The number of likely N-dealkylation sites (tertiary alicyclic amines) is 1. The summed E-state index contributed by atoms with van der Waals surface area (Å²) in [6.07, 6.45) is 8.28. The molecular weight excluding hydrogens is 412 g/mol. The molecule has 5 rings (SSSR count). The SMILES string of the molecule is CC(C)C1CCC(C(=O)N2CCCCC2c2cc(C(=O)N3CCc4ccccc43)n[nH]2)CC1. The molecule has 6 heteroatoms. The van der Waals surface area contributed by atoms with E-state index in [1.165, 1.54) is 5.56 Å². The average Bonchev–Trinajstić information content (AvgIpc) is 3.51. The van der Waals surface area contributed by atoms with E-state index in [1.54, 1.807) is 0 Å². The average molecular weight is 449 g/mol. The number of para-hydroxylation sites is 1. The normalized spacial score (nSPS) is 25.4. The Morgan fingerprint density at radius 2 is 1.82 bits per heavy atom. The van der Waals surface area contributed by atoms with Crippen LogP contribution in [0.15, 0.2) is 30.3 Å². The number of H-pyrrole nitrogens is 1. The highest BCUT2D eigenvalue weighted by atomic mass is 16.2. The molecule has 176 valence electrons. The third kappa shape index (κ3) is 4.32. The standard InChI is InChI=1S/C27H36N4O2/c1-18(2)19-10-12-21(13-11-19)26(32)30-15-6-5-9-25(30)22-17-23(29-28-22)27(33)31-16-14-20-7-3-4-8-24(20)31/h3-4,7-8,17-19,21,25H,5-6,9-16H2,1-2H3,(H,28,29). The minimum absolute atomic E-state index is 0.00557. The van der Waals surface area contributed by atoms with Crippen molar-refractivity contribution in [2.24, 2.45) is 17.8 Å². The summed E-state index contributed by atoms with van der Waals surface area (Å²) in [5, 5.41) is 7.51. The Kier molecular flexibility index (Phi) is 6.26. The van der Waals surface area contributed by atoms with Crippen LogP contribution in [0.2, 0.25) is 0 Å². The van der Waals surface area contributed by atoms with Crippen molar-refractivity contribution in [2.75, 3.05) is 18.0 Å². The van der Waals surface area contributed by atoms with Gasteiger partial charge in [-0.2, -0.15) is 5.10 Å². The number of hydrogen-bond acceptors (Lipinski definition) is 3. The van der Waals surface area contributed by atoms with Crippen molar-refractivity contribution < 1.29 is 9.59 Å². The number of benzene rings is 1. The smallest absolute Gasteiger partial charge is 0.278 e. The van der Waals surface area contributed by atoms with Crippen LogP contribution in [-0.4, -0.2) is 40.0 Å². The molecule has 0 radical (unpaired) electrons. The molecule has 1 unspecified atom stereocenters. The summed E-state index contributed by atoms with van der Waals surface area (Å²) in [4.78, 5) is 30.6. The minimum Gasteiger partial charge on any atom is -0.334 e. The molecule has 2 amide bonds. The van der Waals surface area contributed by atoms with Crippen LogP contribution in [0.4, 0.5) is 5.69 Å². The van der Waals surface area contributed by atoms with Crippen molar-refractivity contribution in [2.45, 2.75) is 71.3 Å². The highest BCUT2D eigenvalue weighted by Crippen LogP contribution is 2.38. The minimum atomic E-state index is -0.0665. The van der Waals surface area contributed by atoms with E-state index in [0.29, 0.717) is 24.1 Å². The molecule has 0 bridgehead atoms. The number of amides is 2. The van der Waals surface area contributed by atoms with Crippen LogP contribution >= 0.6 is 0 Å². The monoisotopic (exact) mass is 448 g/mol. The van der Waals surface area contributed by atoms with E-state index < -0.39 is 0 Å². The Morgan fingerprint density at radius 1 is 1.03 bits per heavy atom. The first-order valence-electron chi connectivity index (χ1n) is 12.8. The van der Waals surface area contributed by atoms with Gasteiger partial charge in [0.05, 0.1) is 11.7 Å². The molecule has 0 spiro atoms. The third-order valence-electron chi connectivity index (χ3n) is 8.16. The van der Waals surface area contributed by atoms with Crippen molar-refractivity contribution in [3.05, 3.63) is 47.3 Å². The summed E-state index contributed by atoms with van der Waals surface area (Å²) in [5.41, 5.74) is 3.53. The Balaban J connectivity index is 1.30. The van der Waals surface area contributed by atoms with Gasteiger partial charge in [-0.25, -0.2) is 0 Å². The van der Waals surface area contributed by atoms with Gasteiger partial charge in [0.2, 0.25) is 5.91 Å². The summed E-state index contributed by atoms with van der Waals surface area (Å²) < 4.78 is 0. The van der Waals surface area contributed by atoms with Crippen molar-refractivity contribution in [1.29, 1.82) is 0 Å². The number of aromatic amines is 1. The van der Waals surface area contributed by atoms with Gasteiger partial charge >= 0.3 is 0 Å². The predicted molar refractivity (Wildman–Crippen MR) is 129 cm³/mol. The first kappa shape index (κ1) is 22.2. The van der Waals surface area contributed by atoms with Gasteiger partial charge in [0.1, 0.15) is 0 Å². The van der Waals surface area contributed by atoms with Gasteiger partial charge in [-0.05, 0) is 80.9 Å². The van der Waals surface area contributed by atoms with Crippen molar-refractivity contribution in [3.63, 3.8) is 0 Å². The number of piperidine rings is 1. The summed E-state index contributed by atoms with van der Waals surface area (Å²) in [5.74, 6) is 1.84. The van der Waals surface area contributed by atoms with Gasteiger partial charge in [0, 0.05) is 24.7 Å². The Morgan fingerprint density at radius 3 is 2.61 bits per heavy atom. The van der Waals surface area contributed by atoms with Gasteiger partial charge in [0.15, 0.2) is 5.69 Å². The number of nitrogens with zero attached hydrogens (tertiary/aromatic N) is 3. The number of carbonyl (C=O) groups excluding carboxylic acids is 2. The fourth-order valence-electron chi connectivity index (χ4n) is 6.09. The van der Waals surface area contributed by atoms with Crippen LogP contribution in [0.5, 0.6) is 0 Å². The first-order valence-corrected chi connectivity index (χ1v) is 12.8. The quantitative estimate of drug-likeness (QED) is 0.705. The molecule has 3 heterocycles. The highest BCUT2D eigenvalue weighted by Gasteiger charge is 2.36. The Labute approximate surface area is 196 Å². The van der Waals surface area contributed by atoms with Crippen LogP contribution in [0.3, 0.4) is 0 Å². The molecule has 1 saturated carbocycles. The number of fused-ring (bicyclic) bond motifs is 1. The number of rotatable bonds is 4. The zero-order chi connectivity index (χ0) is 22.9. The molecule has 6 nitrogen and oxygen atoms in total. The Hall–Kier alpha value is -2.63. The number of nitrogens with one attached hydrogen (secondary N) is 1. The molecular formula is C27H36N4O2. The van der Waals surface area contributed by atoms with E-state index in [4.69, 9.17) is 0 Å². The van der Waals surface area contributed by atoms with Gasteiger partial charge in [-0.1, -0.05) is 32.0 Å². The molecule has 2 aliphatic heterocycles. The van der Waals surface area contributed by atoms with E-state index in [0.717, 1.165) is 75.2 Å². The first-order chi connectivity index (χ1) is 16.0. The van der Waals surface area contributed by atoms with Crippen molar-refractivity contribution in [1.82, 2.24) is 15.1 Å². The zero-order valence-electron chi connectivity index (χ0n) is 19.9. The van der Waals surface area contributed by atoms with Crippen LogP contribution in [0.1, 0.15) is 86.6 Å². The molecule has 2 aromatic rings. The lowest BCUT2D eigenvalue weighted by molar-refractivity contribution is -0.141. The second-order valence-corrected chi connectivity index (χ2v) is 10.4. The van der Waals surface area contributed by atoms with Crippen LogP contribution < -0.4 is 4.90 Å². The number of aromatic nitrogens is 2. The van der Waals surface area contributed by atoms with E-state index in [1.807, 2.05) is 29.2 Å². The molecule has 1 N–H and O–H groups in total. The van der Waals surface area contributed by atoms with Gasteiger partial charge < -0.3 is 9.80 Å². The largest absolute Gasteiger partial charge is 0.334 e. The number of anilines is 1. The second kappa shape index (κ2) is 9.32. The van der Waals surface area contributed by atoms with Gasteiger partial charge in [-0.3, -0.25) is 14.7 Å². The summed E-state index contributed by atoms with van der Waals surface area (Å²) in [7, 11) is 0. The topological polar surface area (TPSA) is 69.3 Å². The van der Waals surface area contributed by atoms with E-state index >= 15 is 0 Å². The lowest BCUT2D eigenvalue weighted by Crippen LogP contribution is -2.43. The fourth-order valence-corrected chi connectivity index (χ4v) is 6.09. The lowest BCUT2D eigenvalue weighted by Gasteiger charge is -2.39. The predicted octanol–water partition coefficient (Wildman–Crippen LogP) is 5.13. The molecule has 2 fully saturated rings. The van der Waals surface area contributed by atoms with E-state index in [9.17, 15) is 9.59 Å². The van der Waals surface area contributed by atoms with Crippen LogP contribution in [0.25, 0.3) is 0 Å². The van der Waals surface area contributed by atoms with Gasteiger partial charge in [-0.15, -0.1) is 0 Å². The maximum atomic E-state index is 13.5. The third-order valence-corrected chi connectivity index (χ3v) is 8.16. The molecule has 1 atom stereocenters. The van der Waals surface area contributed by atoms with Crippen LogP contribution in [-0.2, 0) is 11.2 Å². The Bertz CT molecular complexity index is 1010. The fraction of sp³-hybridized carbons (Fsp3) is 0.593. The van der Waals surface area contributed by atoms with Gasteiger partial charge in [0.25, 0.3) is 5.91 Å². The van der Waals surface area contributed by atoms with Crippen molar-refractivity contribution in [3.8, 4) is 0 Å². The van der Waals surface area contributed by atoms with Crippen molar-refractivity contribution >= 4 is 17.5 Å². The maximum absolute atomic E-state index is 13.5. The van der Waals surface area contributed by atoms with Crippen LogP contribution in [0, 0.1) is 17.8 Å². The molecule has 1 aliphatic carbocycles. The summed E-state index contributed by atoms with van der Waals surface area (Å²) in [6, 6.07) is 9.95. The lowest BCUT2D eigenvalue weighted by atomic mass is 9.76. The summed E-state index contributed by atoms with van der Waals surface area (Å²) in [6.45, 7) is 6.08. The zero-order valence-corrected chi connectivity index (χ0v) is 19.9. The molecule has 3 aliphatic rings. The molecule has 33 heavy (non-hydrogen) atoms. The summed E-state index contributed by atoms with van der Waals surface area (Å²) >= 11 is 0. The maximum Gasteiger partial charge on any atom is 0.278 e. The van der Waals surface area contributed by atoms with E-state index in [2.05, 4.69) is 35.0 Å². The second-order valence-electron chi connectivity index (χ2n) is 10.4. The number of hydrogen-bond donors (Lipinski definition) is 1. The number of carbonyl (C=O) groups is 2. The molecule has 1 saturated heterocycles. The van der Waals surface area contributed by atoms with E-state index in [-0.39, 0.29) is 17.9 Å². The highest BCUT2D eigenvalue weighted by molar-refractivity contribution is 6.06. The molecule has 1 aromatic heterocycles.